The Morgan fingerprint density at radius 1 is 1.04 bits per heavy atom. The molecular formula is C17H22FN3O3. The lowest BCUT2D eigenvalue weighted by Crippen LogP contribution is -2.54. The van der Waals surface area contributed by atoms with Crippen LogP contribution >= 0.6 is 0 Å². The number of halogens is 1. The van der Waals surface area contributed by atoms with Crippen LogP contribution in [0.25, 0.3) is 0 Å². The second-order valence-electron chi connectivity index (χ2n) is 6.10. The normalized spacial score (nSPS) is 14.7. The molecule has 0 spiro atoms. The molecule has 6 nitrogen and oxygen atoms in total. The molecule has 1 heterocycles. The Morgan fingerprint density at radius 2 is 1.58 bits per heavy atom. The number of nitrogens with zero attached hydrogens (tertiary/aromatic N) is 2. The van der Waals surface area contributed by atoms with Crippen LogP contribution in [0, 0.1) is 5.82 Å². The summed E-state index contributed by atoms with van der Waals surface area (Å²) in [5.74, 6) is -1.58. The van der Waals surface area contributed by atoms with Gasteiger partial charge >= 0.3 is 11.8 Å². The molecule has 0 bridgehead atoms. The van der Waals surface area contributed by atoms with Gasteiger partial charge in [-0.05, 0) is 31.5 Å². The molecule has 1 aromatic carbocycles. The van der Waals surface area contributed by atoms with Gasteiger partial charge < -0.3 is 15.1 Å². The van der Waals surface area contributed by atoms with Crippen molar-refractivity contribution in [1.82, 2.24) is 15.1 Å². The van der Waals surface area contributed by atoms with Crippen molar-refractivity contribution >= 4 is 17.7 Å². The maximum atomic E-state index is 12.9. The number of benzene rings is 1. The highest BCUT2D eigenvalue weighted by atomic mass is 19.1. The van der Waals surface area contributed by atoms with Crippen molar-refractivity contribution in [2.75, 3.05) is 26.2 Å². The van der Waals surface area contributed by atoms with Gasteiger partial charge in [-0.15, -0.1) is 0 Å². The first-order valence-corrected chi connectivity index (χ1v) is 7.99. The van der Waals surface area contributed by atoms with Gasteiger partial charge in [0.15, 0.2) is 0 Å². The molecule has 0 atom stereocenters. The summed E-state index contributed by atoms with van der Waals surface area (Å²) in [6, 6.07) is 5.73. The molecule has 0 unspecified atom stereocenters. The van der Waals surface area contributed by atoms with Crippen LogP contribution in [0.5, 0.6) is 0 Å². The van der Waals surface area contributed by atoms with E-state index in [2.05, 4.69) is 5.32 Å². The van der Waals surface area contributed by atoms with Gasteiger partial charge in [-0.2, -0.15) is 0 Å². The fourth-order valence-electron chi connectivity index (χ4n) is 2.52. The number of hydrogen-bond acceptors (Lipinski definition) is 3. The fourth-order valence-corrected chi connectivity index (χ4v) is 2.52. The zero-order valence-corrected chi connectivity index (χ0v) is 13.9. The van der Waals surface area contributed by atoms with E-state index >= 15 is 0 Å². The molecule has 7 heteroatoms. The van der Waals surface area contributed by atoms with E-state index in [0.717, 1.165) is 5.56 Å². The lowest BCUT2D eigenvalue weighted by Gasteiger charge is -2.34. The van der Waals surface area contributed by atoms with Crippen LogP contribution in [0.2, 0.25) is 0 Å². The topological polar surface area (TPSA) is 69.7 Å². The first-order chi connectivity index (χ1) is 11.4. The van der Waals surface area contributed by atoms with Crippen LogP contribution in [0.1, 0.15) is 19.4 Å². The summed E-state index contributed by atoms with van der Waals surface area (Å²) in [7, 11) is 0. The first-order valence-electron chi connectivity index (χ1n) is 7.99. The summed E-state index contributed by atoms with van der Waals surface area (Å²) < 4.78 is 12.9. The standard InChI is InChI=1S/C17H22FN3O3/c1-12(2)19-16(23)17(24)21-9-7-20(8-10-21)15(22)11-13-3-5-14(18)6-4-13/h3-6,12H,7-11H2,1-2H3,(H,19,23). The van der Waals surface area contributed by atoms with Crippen molar-refractivity contribution in [2.45, 2.75) is 26.3 Å². The lowest BCUT2D eigenvalue weighted by atomic mass is 10.1. The molecule has 1 fully saturated rings. The van der Waals surface area contributed by atoms with Gasteiger partial charge in [0.2, 0.25) is 5.91 Å². The van der Waals surface area contributed by atoms with Crippen molar-refractivity contribution in [3.63, 3.8) is 0 Å². The van der Waals surface area contributed by atoms with Crippen LogP contribution in [-0.4, -0.2) is 59.7 Å². The quantitative estimate of drug-likeness (QED) is 0.821. The van der Waals surface area contributed by atoms with Crippen molar-refractivity contribution in [3.05, 3.63) is 35.6 Å². The summed E-state index contributed by atoms with van der Waals surface area (Å²) in [4.78, 5) is 39.1. The van der Waals surface area contributed by atoms with Crippen LogP contribution in [0.3, 0.4) is 0 Å². The molecule has 0 aromatic heterocycles. The zero-order chi connectivity index (χ0) is 17.7. The van der Waals surface area contributed by atoms with Crippen molar-refractivity contribution in [3.8, 4) is 0 Å². The molecule has 3 amide bonds. The molecule has 0 aliphatic carbocycles. The summed E-state index contributed by atoms with van der Waals surface area (Å²) >= 11 is 0. The highest BCUT2D eigenvalue weighted by molar-refractivity contribution is 6.35. The summed E-state index contributed by atoms with van der Waals surface area (Å²) in [5, 5.41) is 2.57. The SMILES string of the molecule is CC(C)NC(=O)C(=O)N1CCN(C(=O)Cc2ccc(F)cc2)CC1. The van der Waals surface area contributed by atoms with E-state index in [1.165, 1.54) is 17.0 Å². The minimum absolute atomic E-state index is 0.0691. The van der Waals surface area contributed by atoms with Gasteiger partial charge in [-0.25, -0.2) is 4.39 Å². The van der Waals surface area contributed by atoms with Crippen LogP contribution in [0.15, 0.2) is 24.3 Å². The van der Waals surface area contributed by atoms with Gasteiger partial charge in [0.1, 0.15) is 5.82 Å². The van der Waals surface area contributed by atoms with E-state index in [4.69, 9.17) is 0 Å². The van der Waals surface area contributed by atoms with Gasteiger partial charge in [0, 0.05) is 32.2 Å². The van der Waals surface area contributed by atoms with Crippen LogP contribution < -0.4 is 5.32 Å². The van der Waals surface area contributed by atoms with E-state index in [1.54, 1.807) is 30.9 Å². The van der Waals surface area contributed by atoms with Gasteiger partial charge in [-0.3, -0.25) is 14.4 Å². The maximum Gasteiger partial charge on any atom is 0.312 e. The predicted octanol–water partition coefficient (Wildman–Crippen LogP) is 0.564. The van der Waals surface area contributed by atoms with Crippen LogP contribution in [-0.2, 0) is 20.8 Å². The van der Waals surface area contributed by atoms with E-state index in [-0.39, 0.29) is 24.2 Å². The molecule has 1 aliphatic heterocycles. The number of piperazine rings is 1. The van der Waals surface area contributed by atoms with E-state index in [0.29, 0.717) is 26.2 Å². The van der Waals surface area contributed by atoms with Gasteiger partial charge in [-0.1, -0.05) is 12.1 Å². The summed E-state index contributed by atoms with van der Waals surface area (Å²) in [6.45, 7) is 5.02. The number of carbonyl (C=O) groups is 3. The Bertz CT molecular complexity index is 608. The second kappa shape index (κ2) is 7.90. The Hall–Kier alpha value is -2.44. The third-order valence-corrected chi connectivity index (χ3v) is 3.80. The number of nitrogens with one attached hydrogen (secondary N) is 1. The zero-order valence-electron chi connectivity index (χ0n) is 13.9. The lowest BCUT2D eigenvalue weighted by molar-refractivity contribution is -0.148. The maximum absolute atomic E-state index is 12.9. The van der Waals surface area contributed by atoms with E-state index in [9.17, 15) is 18.8 Å². The number of carbonyl (C=O) groups excluding carboxylic acids is 3. The molecule has 24 heavy (non-hydrogen) atoms. The average molecular weight is 335 g/mol. The third-order valence-electron chi connectivity index (χ3n) is 3.80. The van der Waals surface area contributed by atoms with Crippen molar-refractivity contribution in [1.29, 1.82) is 0 Å². The van der Waals surface area contributed by atoms with Crippen molar-refractivity contribution < 1.29 is 18.8 Å². The number of rotatable bonds is 3. The van der Waals surface area contributed by atoms with E-state index < -0.39 is 11.8 Å². The molecule has 130 valence electrons. The van der Waals surface area contributed by atoms with Crippen molar-refractivity contribution in [2.24, 2.45) is 0 Å². The molecule has 1 saturated heterocycles. The Labute approximate surface area is 140 Å². The van der Waals surface area contributed by atoms with E-state index in [1.807, 2.05) is 0 Å². The highest BCUT2D eigenvalue weighted by Gasteiger charge is 2.27. The average Bonchev–Trinajstić information content (AvgIpc) is 2.55. The Kier molecular flexibility index (Phi) is 5.89. The Balaban J connectivity index is 1.83. The number of amides is 3. The Morgan fingerprint density at radius 3 is 2.12 bits per heavy atom. The summed E-state index contributed by atoms with van der Waals surface area (Å²) in [5.41, 5.74) is 0.746. The molecule has 1 aromatic rings. The molecule has 0 radical (unpaired) electrons. The molecular weight excluding hydrogens is 313 g/mol. The minimum atomic E-state index is -0.615. The predicted molar refractivity (Wildman–Crippen MR) is 86.5 cm³/mol. The molecule has 2 rings (SSSR count). The van der Waals surface area contributed by atoms with Gasteiger partial charge in [0.05, 0.1) is 6.42 Å². The molecule has 0 saturated carbocycles. The minimum Gasteiger partial charge on any atom is -0.346 e. The highest BCUT2D eigenvalue weighted by Crippen LogP contribution is 2.08. The molecule has 1 N–H and O–H groups in total. The third kappa shape index (κ3) is 4.78. The largest absolute Gasteiger partial charge is 0.346 e. The van der Waals surface area contributed by atoms with Gasteiger partial charge in [0.25, 0.3) is 0 Å². The monoisotopic (exact) mass is 335 g/mol. The smallest absolute Gasteiger partial charge is 0.312 e. The van der Waals surface area contributed by atoms with Crippen LogP contribution in [0.4, 0.5) is 4.39 Å². The molecule has 1 aliphatic rings. The summed E-state index contributed by atoms with van der Waals surface area (Å²) in [6.07, 6.45) is 0.196. The first kappa shape index (κ1) is 17.9. The second-order valence-corrected chi connectivity index (χ2v) is 6.10. The fraction of sp³-hybridized carbons (Fsp3) is 0.471. The number of hydrogen-bond donors (Lipinski definition) is 1.